The molecule has 2 aromatic heterocycles. The molecule has 2 heterocycles. The molecule has 0 bridgehead atoms. The van der Waals surface area contributed by atoms with E-state index in [2.05, 4.69) is 10.2 Å². The Labute approximate surface area is 140 Å². The van der Waals surface area contributed by atoms with E-state index in [0.29, 0.717) is 21.7 Å². The zero-order chi connectivity index (χ0) is 16.5. The maximum absolute atomic E-state index is 13.0. The van der Waals surface area contributed by atoms with E-state index >= 15 is 0 Å². The van der Waals surface area contributed by atoms with E-state index in [9.17, 15) is 9.18 Å². The van der Waals surface area contributed by atoms with Gasteiger partial charge in [0.2, 0.25) is 4.96 Å². The van der Waals surface area contributed by atoms with Crippen molar-refractivity contribution in [3.63, 3.8) is 0 Å². The van der Waals surface area contributed by atoms with Crippen molar-refractivity contribution in [2.24, 2.45) is 0 Å². The van der Waals surface area contributed by atoms with Crippen LogP contribution in [0.15, 0.2) is 59.4 Å². The van der Waals surface area contributed by atoms with Gasteiger partial charge in [-0.1, -0.05) is 53.8 Å². The summed E-state index contributed by atoms with van der Waals surface area (Å²) >= 11 is 1.28. The topological polar surface area (TPSA) is 47.3 Å². The van der Waals surface area contributed by atoms with Gasteiger partial charge in [-0.15, -0.1) is 10.2 Å². The first-order chi connectivity index (χ1) is 11.7. The smallest absolute Gasteiger partial charge is 0.267 e. The lowest BCUT2D eigenvalue weighted by Crippen LogP contribution is -2.24. The van der Waals surface area contributed by atoms with Crippen molar-refractivity contribution in [2.45, 2.75) is 6.42 Å². The fourth-order valence-corrected chi connectivity index (χ4v) is 3.45. The van der Waals surface area contributed by atoms with Gasteiger partial charge in [-0.2, -0.15) is 0 Å². The molecule has 0 N–H and O–H groups in total. The molecule has 2 aromatic carbocycles. The summed E-state index contributed by atoms with van der Waals surface area (Å²) < 4.78 is 15.1. The maximum Gasteiger partial charge on any atom is 0.275 e. The van der Waals surface area contributed by atoms with Gasteiger partial charge in [0.05, 0.1) is 4.53 Å². The lowest BCUT2D eigenvalue weighted by atomic mass is 10.1. The Morgan fingerprint density at radius 3 is 2.54 bits per heavy atom. The van der Waals surface area contributed by atoms with Crippen LogP contribution in [0.3, 0.4) is 0 Å². The van der Waals surface area contributed by atoms with Gasteiger partial charge in [-0.05, 0) is 29.3 Å². The van der Waals surface area contributed by atoms with Gasteiger partial charge in [-0.3, -0.25) is 4.79 Å². The Kier molecular flexibility index (Phi) is 3.66. The number of halogens is 1. The molecule has 24 heavy (non-hydrogen) atoms. The molecule has 4 rings (SSSR count). The third kappa shape index (κ3) is 2.72. The number of hydrogen-bond acceptors (Lipinski definition) is 4. The molecular weight excluding hydrogens is 325 g/mol. The summed E-state index contributed by atoms with van der Waals surface area (Å²) in [7, 11) is 0. The van der Waals surface area contributed by atoms with Crippen LogP contribution in [0.2, 0.25) is 0 Å². The summed E-state index contributed by atoms with van der Waals surface area (Å²) in [5.41, 5.74) is 1.70. The molecule has 0 aliphatic carbocycles. The van der Waals surface area contributed by atoms with Crippen molar-refractivity contribution in [1.29, 1.82) is 0 Å². The molecule has 0 aliphatic rings. The molecule has 0 saturated carbocycles. The van der Waals surface area contributed by atoms with Crippen LogP contribution >= 0.6 is 11.3 Å². The van der Waals surface area contributed by atoms with Gasteiger partial charge in [0.25, 0.3) is 5.56 Å². The molecule has 118 valence electrons. The highest BCUT2D eigenvalue weighted by Gasteiger charge is 2.12. The van der Waals surface area contributed by atoms with Crippen LogP contribution in [0.5, 0.6) is 0 Å². The second-order valence-corrected chi connectivity index (χ2v) is 6.37. The Bertz CT molecular complexity index is 1100. The van der Waals surface area contributed by atoms with Crippen LogP contribution < -0.4 is 10.1 Å². The summed E-state index contributed by atoms with van der Waals surface area (Å²) in [6.45, 7) is 0. The Morgan fingerprint density at radius 2 is 1.79 bits per heavy atom. The molecule has 0 fully saturated rings. The third-order valence-electron chi connectivity index (χ3n) is 3.69. The number of hydrogen-bond donors (Lipinski definition) is 0. The quantitative estimate of drug-likeness (QED) is 0.577. The second-order valence-electron chi connectivity index (χ2n) is 5.36. The van der Waals surface area contributed by atoms with E-state index in [4.69, 9.17) is 0 Å². The zero-order valence-corrected chi connectivity index (χ0v) is 13.3. The summed E-state index contributed by atoms with van der Waals surface area (Å²) in [6.07, 6.45) is 2.29. The molecule has 4 aromatic rings. The fourth-order valence-electron chi connectivity index (χ4n) is 2.52. The number of benzene rings is 2. The largest absolute Gasteiger partial charge is 0.275 e. The van der Waals surface area contributed by atoms with E-state index in [0.717, 1.165) is 11.1 Å². The molecule has 0 atom stereocenters. The molecule has 0 spiro atoms. The molecule has 4 nitrogen and oxygen atoms in total. The predicted octanol–water partition coefficient (Wildman–Crippen LogP) is 2.43. The van der Waals surface area contributed by atoms with Gasteiger partial charge in [-0.25, -0.2) is 8.79 Å². The van der Waals surface area contributed by atoms with Crippen LogP contribution in [0, 0.1) is 5.82 Å². The lowest BCUT2D eigenvalue weighted by molar-refractivity contribution is 0.628. The van der Waals surface area contributed by atoms with E-state index in [1.54, 1.807) is 22.6 Å². The molecule has 0 radical (unpaired) electrons. The first kappa shape index (κ1) is 14.7. The Morgan fingerprint density at radius 1 is 1.04 bits per heavy atom. The average Bonchev–Trinajstić information content (AvgIpc) is 3.12. The van der Waals surface area contributed by atoms with Crippen molar-refractivity contribution in [2.75, 3.05) is 0 Å². The minimum Gasteiger partial charge on any atom is -0.267 e. The average molecular weight is 337 g/mol. The van der Waals surface area contributed by atoms with Gasteiger partial charge in [0, 0.05) is 6.42 Å². The van der Waals surface area contributed by atoms with E-state index < -0.39 is 0 Å². The highest BCUT2D eigenvalue weighted by atomic mass is 32.1. The zero-order valence-electron chi connectivity index (χ0n) is 12.5. The van der Waals surface area contributed by atoms with Crippen LogP contribution in [-0.4, -0.2) is 14.6 Å². The second kappa shape index (κ2) is 5.98. The third-order valence-corrected chi connectivity index (χ3v) is 4.65. The highest BCUT2D eigenvalue weighted by molar-refractivity contribution is 7.15. The van der Waals surface area contributed by atoms with Crippen molar-refractivity contribution in [1.82, 2.24) is 14.6 Å². The normalized spacial score (nSPS) is 12.1. The number of fused-ring (bicyclic) bond motifs is 1. The van der Waals surface area contributed by atoms with Crippen LogP contribution in [0.1, 0.15) is 17.0 Å². The van der Waals surface area contributed by atoms with Gasteiger partial charge in [0.1, 0.15) is 11.6 Å². The monoisotopic (exact) mass is 337 g/mol. The van der Waals surface area contributed by atoms with Gasteiger partial charge < -0.3 is 0 Å². The maximum atomic E-state index is 13.0. The Hall–Kier alpha value is -2.86. The van der Waals surface area contributed by atoms with Crippen molar-refractivity contribution in [3.8, 4) is 0 Å². The van der Waals surface area contributed by atoms with Crippen molar-refractivity contribution < 1.29 is 4.39 Å². The molecule has 0 saturated heterocycles. The number of nitrogens with zero attached hydrogens (tertiary/aromatic N) is 3. The number of aromatic nitrogens is 3. The van der Waals surface area contributed by atoms with E-state index in [-0.39, 0.29) is 11.4 Å². The SMILES string of the molecule is O=c1c(=Cc2ccc(F)cc2)sc2nnc(Cc3ccccc3)n12. The summed E-state index contributed by atoms with van der Waals surface area (Å²) in [4.78, 5) is 13.2. The first-order valence-corrected chi connectivity index (χ1v) is 8.20. The molecule has 0 amide bonds. The summed E-state index contributed by atoms with van der Waals surface area (Å²) in [5, 5.41) is 8.23. The first-order valence-electron chi connectivity index (χ1n) is 7.39. The molecular formula is C18H12FN3OS. The van der Waals surface area contributed by atoms with Crippen LogP contribution in [-0.2, 0) is 6.42 Å². The number of rotatable bonds is 3. The number of thiazole rings is 1. The van der Waals surface area contributed by atoms with Crippen LogP contribution in [0.25, 0.3) is 11.0 Å². The summed E-state index contributed by atoms with van der Waals surface area (Å²) in [6, 6.07) is 15.9. The van der Waals surface area contributed by atoms with E-state index in [1.165, 1.54) is 23.5 Å². The Balaban J connectivity index is 1.79. The highest BCUT2D eigenvalue weighted by Crippen LogP contribution is 2.10. The molecule has 0 unspecified atom stereocenters. The van der Waals surface area contributed by atoms with E-state index in [1.807, 2.05) is 30.3 Å². The lowest BCUT2D eigenvalue weighted by Gasteiger charge is -1.97. The van der Waals surface area contributed by atoms with Crippen molar-refractivity contribution in [3.05, 3.63) is 92.3 Å². The molecule has 6 heteroatoms. The predicted molar refractivity (Wildman–Crippen MR) is 91.6 cm³/mol. The summed E-state index contributed by atoms with van der Waals surface area (Å²) in [5.74, 6) is 0.320. The van der Waals surface area contributed by atoms with Gasteiger partial charge >= 0.3 is 0 Å². The van der Waals surface area contributed by atoms with Gasteiger partial charge in [0.15, 0.2) is 0 Å². The minimum atomic E-state index is -0.301. The fraction of sp³-hybridized carbons (Fsp3) is 0.0556. The minimum absolute atomic E-state index is 0.143. The molecule has 0 aliphatic heterocycles. The van der Waals surface area contributed by atoms with Crippen molar-refractivity contribution >= 4 is 22.4 Å². The van der Waals surface area contributed by atoms with Crippen LogP contribution in [0.4, 0.5) is 4.39 Å². The standard InChI is InChI=1S/C18H12FN3OS/c19-14-8-6-13(7-9-14)10-15-17(23)22-16(20-21-18(22)24-15)11-12-4-2-1-3-5-12/h1-10H,11H2.